The van der Waals surface area contributed by atoms with Crippen LogP contribution < -0.4 is 10.6 Å². The number of aryl methyl sites for hydroxylation is 1. The second-order valence-electron chi connectivity index (χ2n) is 4.43. The number of benzene rings is 1. The molecule has 0 spiro atoms. The van der Waals surface area contributed by atoms with Gasteiger partial charge in [-0.25, -0.2) is 9.37 Å². The summed E-state index contributed by atoms with van der Waals surface area (Å²) in [6.07, 6.45) is 0. The molecule has 0 bridgehead atoms. The summed E-state index contributed by atoms with van der Waals surface area (Å²) in [5.74, 6) is 0.0968. The molecule has 1 heterocycles. The van der Waals surface area contributed by atoms with E-state index in [1.165, 1.54) is 6.07 Å². The van der Waals surface area contributed by atoms with Crippen LogP contribution in [0.3, 0.4) is 0 Å². The minimum Gasteiger partial charge on any atom is -0.384 e. The first-order valence-electron chi connectivity index (χ1n) is 6.38. The minimum absolute atomic E-state index is 0.0812. The van der Waals surface area contributed by atoms with E-state index in [-0.39, 0.29) is 11.7 Å². The number of nitrogen functional groups attached to an aromatic ring is 1. The predicted molar refractivity (Wildman–Crippen MR) is 79.1 cm³/mol. The van der Waals surface area contributed by atoms with Gasteiger partial charge in [-0.05, 0) is 38.1 Å². The number of rotatable bonds is 4. The van der Waals surface area contributed by atoms with E-state index >= 15 is 0 Å². The highest BCUT2D eigenvalue weighted by Crippen LogP contribution is 2.28. The van der Waals surface area contributed by atoms with Crippen molar-refractivity contribution >= 4 is 17.3 Å². The van der Waals surface area contributed by atoms with E-state index in [0.29, 0.717) is 23.6 Å². The summed E-state index contributed by atoms with van der Waals surface area (Å²) in [5.41, 5.74) is 7.31. The zero-order chi connectivity index (χ0) is 14.7. The topological polar surface area (TPSA) is 66.0 Å². The Morgan fingerprint density at radius 1 is 1.30 bits per heavy atom. The van der Waals surface area contributed by atoms with Crippen LogP contribution in [0.4, 0.5) is 15.9 Å². The number of nitrogens with zero attached hydrogens (tertiary/aromatic N) is 2. The third-order valence-electron chi connectivity index (χ3n) is 3.02. The fraction of sp³-hybridized carbons (Fsp3) is 0.200. The Bertz CT molecular complexity index is 640. The van der Waals surface area contributed by atoms with Crippen molar-refractivity contribution in [1.29, 1.82) is 5.41 Å². The average molecular weight is 272 g/mol. The van der Waals surface area contributed by atoms with Gasteiger partial charge in [0, 0.05) is 12.2 Å². The van der Waals surface area contributed by atoms with Gasteiger partial charge >= 0.3 is 0 Å². The molecule has 3 N–H and O–H groups in total. The van der Waals surface area contributed by atoms with Crippen molar-refractivity contribution in [3.05, 3.63) is 53.5 Å². The van der Waals surface area contributed by atoms with Gasteiger partial charge in [-0.1, -0.05) is 12.1 Å². The van der Waals surface area contributed by atoms with Gasteiger partial charge in [0.05, 0.1) is 11.3 Å². The van der Waals surface area contributed by atoms with E-state index in [2.05, 4.69) is 4.98 Å². The normalized spacial score (nSPS) is 10.3. The summed E-state index contributed by atoms with van der Waals surface area (Å²) >= 11 is 0. The average Bonchev–Trinajstić information content (AvgIpc) is 2.41. The molecule has 0 amide bonds. The van der Waals surface area contributed by atoms with Gasteiger partial charge in [0.15, 0.2) is 0 Å². The standard InChI is InChI=1S/C15H17FN4/c1-3-20(13-7-5-4-6-12(13)16)15-11(14(17)18)9-8-10(2)19-15/h4-9H,3H2,1-2H3,(H3,17,18). The van der Waals surface area contributed by atoms with Crippen molar-refractivity contribution in [3.8, 4) is 0 Å². The molecule has 4 nitrogen and oxygen atoms in total. The van der Waals surface area contributed by atoms with Crippen molar-refractivity contribution in [2.75, 3.05) is 11.4 Å². The van der Waals surface area contributed by atoms with Crippen LogP contribution in [0.2, 0.25) is 0 Å². The molecule has 20 heavy (non-hydrogen) atoms. The van der Waals surface area contributed by atoms with Gasteiger partial charge in [-0.2, -0.15) is 0 Å². The highest BCUT2D eigenvalue weighted by atomic mass is 19.1. The third kappa shape index (κ3) is 2.61. The van der Waals surface area contributed by atoms with Gasteiger partial charge in [0.2, 0.25) is 0 Å². The lowest BCUT2D eigenvalue weighted by Gasteiger charge is -2.25. The molecule has 104 valence electrons. The van der Waals surface area contributed by atoms with Crippen LogP contribution in [0, 0.1) is 18.2 Å². The predicted octanol–water partition coefficient (Wildman–Crippen LogP) is 2.97. The molecular weight excluding hydrogens is 255 g/mol. The van der Waals surface area contributed by atoms with E-state index in [9.17, 15) is 4.39 Å². The fourth-order valence-electron chi connectivity index (χ4n) is 2.06. The number of halogens is 1. The van der Waals surface area contributed by atoms with Gasteiger partial charge in [-0.15, -0.1) is 0 Å². The van der Waals surface area contributed by atoms with Crippen LogP contribution in [0.25, 0.3) is 0 Å². The molecule has 0 saturated heterocycles. The Morgan fingerprint density at radius 2 is 2.00 bits per heavy atom. The Hall–Kier alpha value is -2.43. The first-order chi connectivity index (χ1) is 9.54. The summed E-state index contributed by atoms with van der Waals surface area (Å²) in [7, 11) is 0. The van der Waals surface area contributed by atoms with Crippen LogP contribution in [0.1, 0.15) is 18.2 Å². The van der Waals surface area contributed by atoms with Crippen LogP contribution in [0.15, 0.2) is 36.4 Å². The highest BCUT2D eigenvalue weighted by molar-refractivity contribution is 6.00. The lowest BCUT2D eigenvalue weighted by molar-refractivity contribution is 0.625. The quantitative estimate of drug-likeness (QED) is 0.664. The highest BCUT2D eigenvalue weighted by Gasteiger charge is 2.18. The number of anilines is 2. The molecule has 5 heteroatoms. The minimum atomic E-state index is -0.327. The molecule has 0 radical (unpaired) electrons. The Labute approximate surface area is 117 Å². The van der Waals surface area contributed by atoms with Gasteiger partial charge < -0.3 is 10.6 Å². The number of hydrogen-bond donors (Lipinski definition) is 2. The maximum Gasteiger partial charge on any atom is 0.146 e. The summed E-state index contributed by atoms with van der Waals surface area (Å²) < 4.78 is 14.0. The Balaban J connectivity index is 2.60. The van der Waals surface area contributed by atoms with Crippen molar-refractivity contribution in [3.63, 3.8) is 0 Å². The monoisotopic (exact) mass is 272 g/mol. The zero-order valence-corrected chi connectivity index (χ0v) is 11.5. The molecule has 0 aliphatic heterocycles. The van der Waals surface area contributed by atoms with Crippen LogP contribution in [0.5, 0.6) is 0 Å². The van der Waals surface area contributed by atoms with Crippen molar-refractivity contribution in [2.45, 2.75) is 13.8 Å². The van der Waals surface area contributed by atoms with Crippen LogP contribution in [-0.2, 0) is 0 Å². The lowest BCUT2D eigenvalue weighted by Crippen LogP contribution is -2.24. The molecule has 2 rings (SSSR count). The number of para-hydroxylation sites is 1. The molecule has 2 aromatic rings. The molecule has 0 atom stereocenters. The molecule has 0 aliphatic rings. The molecular formula is C15H17FN4. The third-order valence-corrected chi connectivity index (χ3v) is 3.02. The molecule has 0 saturated carbocycles. The smallest absolute Gasteiger partial charge is 0.146 e. The number of amidine groups is 1. The number of nitrogens with two attached hydrogens (primary N) is 1. The van der Waals surface area contributed by atoms with Gasteiger partial charge in [0.1, 0.15) is 17.5 Å². The largest absolute Gasteiger partial charge is 0.384 e. The molecule has 0 aliphatic carbocycles. The first-order valence-corrected chi connectivity index (χ1v) is 6.38. The van der Waals surface area contributed by atoms with E-state index in [0.717, 1.165) is 5.69 Å². The van der Waals surface area contributed by atoms with Crippen molar-refractivity contribution in [1.82, 2.24) is 4.98 Å². The summed E-state index contributed by atoms with van der Waals surface area (Å²) in [6, 6.07) is 10.0. The van der Waals surface area contributed by atoms with E-state index in [1.807, 2.05) is 13.8 Å². The maximum atomic E-state index is 14.0. The number of nitrogens with one attached hydrogen (secondary N) is 1. The molecule has 0 fully saturated rings. The van der Waals surface area contributed by atoms with E-state index in [1.54, 1.807) is 35.2 Å². The fourth-order valence-corrected chi connectivity index (χ4v) is 2.06. The van der Waals surface area contributed by atoms with Gasteiger partial charge in [0.25, 0.3) is 0 Å². The van der Waals surface area contributed by atoms with E-state index in [4.69, 9.17) is 11.1 Å². The van der Waals surface area contributed by atoms with Crippen molar-refractivity contribution < 1.29 is 4.39 Å². The first kappa shape index (κ1) is 14.0. The summed E-state index contributed by atoms with van der Waals surface area (Å²) in [5, 5.41) is 7.65. The summed E-state index contributed by atoms with van der Waals surface area (Å²) in [4.78, 5) is 6.14. The number of pyridine rings is 1. The van der Waals surface area contributed by atoms with Crippen molar-refractivity contribution in [2.24, 2.45) is 5.73 Å². The maximum absolute atomic E-state index is 14.0. The molecule has 1 aromatic carbocycles. The Morgan fingerprint density at radius 3 is 2.60 bits per heavy atom. The number of hydrogen-bond acceptors (Lipinski definition) is 3. The number of aromatic nitrogens is 1. The van der Waals surface area contributed by atoms with Gasteiger partial charge in [-0.3, -0.25) is 5.41 Å². The SMILES string of the molecule is CCN(c1ccccc1F)c1nc(C)ccc1C(=N)N. The molecule has 1 aromatic heterocycles. The lowest BCUT2D eigenvalue weighted by atomic mass is 10.2. The Kier molecular flexibility index (Phi) is 3.98. The summed E-state index contributed by atoms with van der Waals surface area (Å²) in [6.45, 7) is 4.28. The zero-order valence-electron chi connectivity index (χ0n) is 11.5. The van der Waals surface area contributed by atoms with E-state index < -0.39 is 0 Å². The second kappa shape index (κ2) is 5.69. The second-order valence-corrected chi connectivity index (χ2v) is 4.43. The van der Waals surface area contributed by atoms with Crippen LogP contribution in [-0.4, -0.2) is 17.4 Å². The molecule has 0 unspecified atom stereocenters. The van der Waals surface area contributed by atoms with Crippen LogP contribution >= 0.6 is 0 Å².